The number of benzene rings is 3. The highest BCUT2D eigenvalue weighted by Gasteiger charge is 2.32. The number of aryl methyl sites for hydroxylation is 3. The van der Waals surface area contributed by atoms with Crippen LogP contribution in [0.2, 0.25) is 0 Å². The summed E-state index contributed by atoms with van der Waals surface area (Å²) in [5, 5.41) is 18.2. The van der Waals surface area contributed by atoms with Gasteiger partial charge in [0.1, 0.15) is 10.4 Å². The van der Waals surface area contributed by atoms with Crippen molar-refractivity contribution in [1.29, 1.82) is 0 Å². The van der Waals surface area contributed by atoms with Gasteiger partial charge in [-0.05, 0) is 59.9 Å². The van der Waals surface area contributed by atoms with Crippen molar-refractivity contribution in [2.45, 2.75) is 37.6 Å². The minimum atomic E-state index is -3.72. The van der Waals surface area contributed by atoms with Crippen LogP contribution in [0.25, 0.3) is 11.0 Å². The summed E-state index contributed by atoms with van der Waals surface area (Å²) in [4.78, 5) is 14.2. The molecule has 0 spiro atoms. The van der Waals surface area contributed by atoms with Crippen molar-refractivity contribution < 1.29 is 18.3 Å². The number of para-hydroxylation sites is 1. The lowest BCUT2D eigenvalue weighted by Gasteiger charge is -2.23. The Morgan fingerprint density at radius 1 is 1.05 bits per heavy atom. The van der Waals surface area contributed by atoms with E-state index >= 15 is 0 Å². The second kappa shape index (κ2) is 9.85. The van der Waals surface area contributed by atoms with Gasteiger partial charge >= 0.3 is 5.97 Å². The number of rotatable bonds is 6. The van der Waals surface area contributed by atoms with E-state index < -0.39 is 21.9 Å². The highest BCUT2D eigenvalue weighted by Crippen LogP contribution is 2.35. The number of sulfonamides is 1. The van der Waals surface area contributed by atoms with Crippen molar-refractivity contribution in [3.63, 3.8) is 0 Å². The van der Waals surface area contributed by atoms with Crippen LogP contribution < -0.4 is 4.90 Å². The van der Waals surface area contributed by atoms with Crippen LogP contribution in [0.5, 0.6) is 0 Å². The molecule has 1 N–H and O–H groups in total. The number of nitrogens with zero attached hydrogens (tertiary/aromatic N) is 5. The molecule has 1 atom stereocenters. The van der Waals surface area contributed by atoms with E-state index in [1.165, 1.54) is 4.31 Å². The highest BCUT2D eigenvalue weighted by atomic mass is 32.2. The molecule has 4 aromatic rings. The van der Waals surface area contributed by atoms with Gasteiger partial charge in [0.25, 0.3) is 0 Å². The number of aliphatic carboxylic acids is 1. The zero-order chi connectivity index (χ0) is 27.2. The molecule has 5 rings (SSSR count). The van der Waals surface area contributed by atoms with Crippen molar-refractivity contribution in [1.82, 2.24) is 19.3 Å². The number of carboxylic acid groups (broad SMARTS) is 1. The molecule has 0 aliphatic carbocycles. The van der Waals surface area contributed by atoms with Gasteiger partial charge in [-0.15, -0.1) is 5.10 Å². The predicted octanol–water partition coefficient (Wildman–Crippen LogP) is 3.83. The first-order valence-corrected chi connectivity index (χ1v) is 13.9. The fourth-order valence-electron chi connectivity index (χ4n) is 5.27. The lowest BCUT2D eigenvalue weighted by molar-refractivity contribution is -0.137. The van der Waals surface area contributed by atoms with E-state index in [2.05, 4.69) is 10.3 Å². The molecule has 0 bridgehead atoms. The molecule has 1 aliphatic rings. The van der Waals surface area contributed by atoms with Crippen LogP contribution >= 0.6 is 0 Å². The Morgan fingerprint density at radius 2 is 1.82 bits per heavy atom. The van der Waals surface area contributed by atoms with E-state index in [0.29, 0.717) is 23.7 Å². The third-order valence-electron chi connectivity index (χ3n) is 7.53. The van der Waals surface area contributed by atoms with E-state index in [4.69, 9.17) is 0 Å². The molecular formula is C28H31N5O4S. The summed E-state index contributed by atoms with van der Waals surface area (Å²) in [6.45, 7) is 5.00. The summed E-state index contributed by atoms with van der Waals surface area (Å²) in [6.07, 6.45) is -0.102. The second-order valence-corrected chi connectivity index (χ2v) is 11.8. The summed E-state index contributed by atoms with van der Waals surface area (Å²) < 4.78 is 30.5. The normalized spacial score (nSPS) is 16.3. The largest absolute Gasteiger partial charge is 0.481 e. The fraction of sp³-hybridized carbons (Fsp3) is 0.321. The number of fused-ring (bicyclic) bond motifs is 2. The van der Waals surface area contributed by atoms with E-state index in [9.17, 15) is 18.3 Å². The first kappa shape index (κ1) is 25.9. The van der Waals surface area contributed by atoms with Gasteiger partial charge in [0.05, 0.1) is 17.6 Å². The molecule has 0 fully saturated rings. The number of hydrogen-bond acceptors (Lipinski definition) is 6. The number of carboxylic acids is 1. The molecule has 38 heavy (non-hydrogen) atoms. The molecule has 2 heterocycles. The maximum atomic E-state index is 13.6. The van der Waals surface area contributed by atoms with Gasteiger partial charge in [-0.1, -0.05) is 41.6 Å². The standard InChI is InChI=1S/C28H31N5O4S/c1-18-9-10-20(23(16-27(34)35)22-11-12-25-28(19(22)2)29-30-32(25)4)15-21(18)17-33-14-13-31(3)24-7-5-6-8-26(24)38(33,36)37/h5-12,15,23H,13-14,16-17H2,1-4H3,(H,34,35). The Hall–Kier alpha value is -3.76. The quantitative estimate of drug-likeness (QED) is 0.401. The first-order valence-electron chi connectivity index (χ1n) is 12.5. The zero-order valence-corrected chi connectivity index (χ0v) is 22.7. The van der Waals surface area contributed by atoms with Crippen molar-refractivity contribution in [2.75, 3.05) is 25.0 Å². The van der Waals surface area contributed by atoms with E-state index in [-0.39, 0.29) is 13.0 Å². The SMILES string of the molecule is Cc1ccc(C(CC(=O)O)c2ccc3c(nnn3C)c2C)cc1CN1CCN(C)c2ccccc2S1(=O)=O. The third kappa shape index (κ3) is 4.54. The highest BCUT2D eigenvalue weighted by molar-refractivity contribution is 7.89. The van der Waals surface area contributed by atoms with E-state index in [0.717, 1.165) is 38.9 Å². The van der Waals surface area contributed by atoms with Gasteiger partial charge in [-0.2, -0.15) is 4.31 Å². The van der Waals surface area contributed by atoms with Crippen molar-refractivity contribution in [3.05, 3.63) is 82.4 Å². The first-order chi connectivity index (χ1) is 18.1. The monoisotopic (exact) mass is 533 g/mol. The van der Waals surface area contributed by atoms with Gasteiger partial charge in [-0.25, -0.2) is 13.1 Å². The molecule has 1 unspecified atom stereocenters. The lowest BCUT2D eigenvalue weighted by atomic mass is 9.84. The minimum Gasteiger partial charge on any atom is -0.481 e. The molecule has 0 amide bonds. The molecule has 3 aromatic carbocycles. The maximum Gasteiger partial charge on any atom is 0.304 e. The van der Waals surface area contributed by atoms with E-state index in [1.807, 2.05) is 75.3 Å². The van der Waals surface area contributed by atoms with Gasteiger partial charge in [0.2, 0.25) is 10.0 Å². The summed E-state index contributed by atoms with van der Waals surface area (Å²) in [7, 11) is 0.00107. The number of anilines is 1. The molecule has 1 aliphatic heterocycles. The number of carbonyl (C=O) groups is 1. The Kier molecular flexibility index (Phi) is 6.70. The van der Waals surface area contributed by atoms with Gasteiger partial charge in [0.15, 0.2) is 0 Å². The summed E-state index contributed by atoms with van der Waals surface area (Å²) in [5.74, 6) is -1.34. The Bertz CT molecular complexity index is 1650. The summed E-state index contributed by atoms with van der Waals surface area (Å²) in [6, 6.07) is 16.8. The van der Waals surface area contributed by atoms with Crippen molar-refractivity contribution in [3.8, 4) is 0 Å². The molecular weight excluding hydrogens is 502 g/mol. The number of likely N-dealkylation sites (N-methyl/N-ethyl adjacent to an activating group) is 1. The Morgan fingerprint density at radius 3 is 2.58 bits per heavy atom. The minimum absolute atomic E-state index is 0.102. The van der Waals surface area contributed by atoms with Crippen LogP contribution in [0.3, 0.4) is 0 Å². The predicted molar refractivity (Wildman–Crippen MR) is 146 cm³/mol. The van der Waals surface area contributed by atoms with Gasteiger partial charge in [0, 0.05) is 39.6 Å². The van der Waals surface area contributed by atoms with Crippen LogP contribution in [0.4, 0.5) is 5.69 Å². The molecule has 0 radical (unpaired) electrons. The Labute approximate surface area is 222 Å². The molecule has 1 aromatic heterocycles. The molecule has 10 heteroatoms. The van der Waals surface area contributed by atoms with Gasteiger partial charge in [-0.3, -0.25) is 4.79 Å². The van der Waals surface area contributed by atoms with Crippen LogP contribution in [-0.2, 0) is 28.4 Å². The van der Waals surface area contributed by atoms with Crippen molar-refractivity contribution in [2.24, 2.45) is 7.05 Å². The fourth-order valence-corrected chi connectivity index (χ4v) is 6.92. The lowest BCUT2D eigenvalue weighted by Crippen LogP contribution is -2.33. The molecule has 0 saturated heterocycles. The second-order valence-electron chi connectivity index (χ2n) is 9.92. The smallest absolute Gasteiger partial charge is 0.304 e. The average molecular weight is 534 g/mol. The summed E-state index contributed by atoms with van der Waals surface area (Å²) in [5.41, 5.74) is 6.69. The topological polar surface area (TPSA) is 109 Å². The third-order valence-corrected chi connectivity index (χ3v) is 9.43. The van der Waals surface area contributed by atoms with Gasteiger partial charge < -0.3 is 10.0 Å². The van der Waals surface area contributed by atoms with E-state index in [1.54, 1.807) is 16.8 Å². The van der Waals surface area contributed by atoms with Crippen LogP contribution in [0.1, 0.15) is 40.2 Å². The molecule has 0 saturated carbocycles. The van der Waals surface area contributed by atoms with Crippen LogP contribution in [-0.4, -0.2) is 58.9 Å². The van der Waals surface area contributed by atoms with Crippen LogP contribution in [0.15, 0.2) is 59.5 Å². The Balaban J connectivity index is 1.55. The van der Waals surface area contributed by atoms with Crippen molar-refractivity contribution >= 4 is 32.7 Å². The number of aromatic nitrogens is 3. The summed E-state index contributed by atoms with van der Waals surface area (Å²) >= 11 is 0. The van der Waals surface area contributed by atoms with Crippen LogP contribution in [0, 0.1) is 13.8 Å². The molecule has 198 valence electrons. The molecule has 9 nitrogen and oxygen atoms in total. The number of hydrogen-bond donors (Lipinski definition) is 1. The zero-order valence-electron chi connectivity index (χ0n) is 21.9. The average Bonchev–Trinajstić information content (AvgIpc) is 3.23. The maximum absolute atomic E-state index is 13.6.